The van der Waals surface area contributed by atoms with Crippen molar-refractivity contribution < 1.29 is 0 Å². The standard InChI is InChI=1S/2C10H14.C9H12.C9H18.2C9H12.2C8H16.C3H9N.5C2H6/c1-7-5-9(3)10(4)6-8(7)2;1-7-5-8(2)10(4)9(3)6-7;1-7-4-8(2)6-9(3)5-7;1-6-5-7(2)9(4)8(6)3;1-7-4-5-8(2)9(3)6-7;1-7-5-4-6-8(2)9(7)3;1-6-4-7(2)8(3)5-6;1-6-4-5-7(2)8(6)3;1-4(2)3;5*1-2/h2*5-6H,1-4H3;4-6H,1-3H3;6-9H,5H2,1-4H3;2*4-6H,1-3H3;2*6-8H,4-5H2,1-3H3;1-3H3;5*1-2H3. The zero-order chi connectivity index (χ0) is 68.9. The molecule has 8 atom stereocenters. The first kappa shape index (κ1) is 93.2. The molecule has 0 aliphatic heterocycles. The Morgan fingerprint density at radius 1 is 0.256 bits per heavy atom. The van der Waals surface area contributed by atoms with Crippen molar-refractivity contribution in [3.05, 3.63) is 173 Å². The first-order valence-corrected chi connectivity index (χ1v) is 34.9. The van der Waals surface area contributed by atoms with Gasteiger partial charge in [0.15, 0.2) is 0 Å². The van der Waals surface area contributed by atoms with E-state index in [1.807, 2.05) is 95.3 Å². The number of hydrogen-bond acceptors (Lipinski definition) is 1. The van der Waals surface area contributed by atoms with Crippen molar-refractivity contribution in [2.24, 2.45) is 59.2 Å². The summed E-state index contributed by atoms with van der Waals surface area (Å²) in [5.41, 5.74) is 23.5. The van der Waals surface area contributed by atoms with Crippen LogP contribution >= 0.6 is 0 Å². The van der Waals surface area contributed by atoms with E-state index in [1.54, 1.807) is 0 Å². The van der Waals surface area contributed by atoms with Gasteiger partial charge in [-0.2, -0.15) is 0 Å². The highest BCUT2D eigenvalue weighted by molar-refractivity contribution is 5.37. The van der Waals surface area contributed by atoms with Crippen LogP contribution in [0.5, 0.6) is 0 Å². The average molecular weight is 1190 g/mol. The maximum atomic E-state index is 2.39. The Morgan fingerprint density at radius 2 is 0.523 bits per heavy atom. The number of benzene rings is 5. The van der Waals surface area contributed by atoms with Crippen LogP contribution in [0.15, 0.2) is 78.9 Å². The first-order valence-electron chi connectivity index (χ1n) is 34.9. The first-order chi connectivity index (χ1) is 40.1. The predicted molar refractivity (Wildman–Crippen MR) is 404 cm³/mol. The Balaban J connectivity index is -0.000000206. The third kappa shape index (κ3) is 42.9. The van der Waals surface area contributed by atoms with Gasteiger partial charge in [0.05, 0.1) is 0 Å². The highest BCUT2D eigenvalue weighted by atomic mass is 15.0. The molecule has 0 amide bonds. The normalized spacial score (nSPS) is 20.4. The second-order valence-electron chi connectivity index (χ2n) is 26.0. The van der Waals surface area contributed by atoms with E-state index in [1.165, 1.54) is 127 Å². The predicted octanol–water partition coefficient (Wildman–Crippen LogP) is 27.3. The van der Waals surface area contributed by atoms with Crippen LogP contribution in [-0.2, 0) is 0 Å². The molecular formula is C85H153N. The van der Waals surface area contributed by atoms with Gasteiger partial charge >= 0.3 is 0 Å². The van der Waals surface area contributed by atoms with Gasteiger partial charge in [0, 0.05) is 0 Å². The fourth-order valence-electron chi connectivity index (χ4n) is 10.8. The minimum Gasteiger partial charge on any atom is -0.312 e. The zero-order valence-corrected chi connectivity index (χ0v) is 65.8. The molecule has 86 heavy (non-hydrogen) atoms. The molecule has 0 heterocycles. The number of rotatable bonds is 0. The van der Waals surface area contributed by atoms with Crippen molar-refractivity contribution >= 4 is 0 Å². The molecule has 3 fully saturated rings. The molecule has 0 radical (unpaired) electrons. The molecule has 0 spiro atoms. The Labute approximate surface area is 544 Å². The molecule has 1 heteroatoms. The van der Waals surface area contributed by atoms with Crippen molar-refractivity contribution in [2.75, 3.05) is 21.1 Å². The Bertz CT molecular complexity index is 2210. The maximum absolute atomic E-state index is 2.39. The molecule has 8 unspecified atom stereocenters. The van der Waals surface area contributed by atoms with Gasteiger partial charge in [-0.1, -0.05) is 258 Å². The lowest BCUT2D eigenvalue weighted by atomic mass is 9.92. The van der Waals surface area contributed by atoms with Crippen LogP contribution in [0.2, 0.25) is 0 Å². The Kier molecular flexibility index (Phi) is 58.6. The van der Waals surface area contributed by atoms with Gasteiger partial charge in [-0.3, -0.25) is 0 Å². The van der Waals surface area contributed by atoms with Crippen LogP contribution in [0.1, 0.15) is 265 Å². The summed E-state index contributed by atoms with van der Waals surface area (Å²) >= 11 is 0. The lowest BCUT2D eigenvalue weighted by Crippen LogP contribution is -2.07. The van der Waals surface area contributed by atoms with Crippen LogP contribution in [0, 0.1) is 177 Å². The van der Waals surface area contributed by atoms with Crippen LogP contribution < -0.4 is 0 Å². The fraction of sp³-hybridized carbons (Fsp3) is 0.647. The molecule has 0 bridgehead atoms. The molecule has 498 valence electrons. The second-order valence-corrected chi connectivity index (χ2v) is 26.0. The molecule has 1 nitrogen and oxygen atoms in total. The average Bonchev–Trinajstić information content (AvgIpc) is 4.17. The van der Waals surface area contributed by atoms with Gasteiger partial charge in [-0.25, -0.2) is 0 Å². The summed E-state index contributed by atoms with van der Waals surface area (Å²) < 4.78 is 0. The van der Waals surface area contributed by atoms with Crippen molar-refractivity contribution in [1.82, 2.24) is 4.90 Å². The van der Waals surface area contributed by atoms with Crippen molar-refractivity contribution in [3.63, 3.8) is 0 Å². The largest absolute Gasteiger partial charge is 0.312 e. The lowest BCUT2D eigenvalue weighted by molar-refractivity contribution is 0.352. The SMILES string of the molecule is CC.CC.CC.CC.CC.CC1CC(C)C(C)C1.CC1CC(C)C(C)C1C.CC1CCC(C)C1C.CN(C)C.Cc1cc(C)c(C)c(C)c1.Cc1cc(C)c(C)cc1C.Cc1cc(C)cc(C)c1.Cc1ccc(C)c(C)c1.Cc1cccc(C)c1C. The number of aryl methyl sites for hydroxylation is 15. The fourth-order valence-corrected chi connectivity index (χ4v) is 10.8. The zero-order valence-electron chi connectivity index (χ0n) is 65.8. The monoisotopic (exact) mass is 1190 g/mol. The number of nitrogens with zero attached hydrogens (tertiary/aromatic N) is 1. The minimum absolute atomic E-state index is 0.958. The van der Waals surface area contributed by atoms with Gasteiger partial charge < -0.3 is 4.90 Å². The Morgan fingerprint density at radius 3 is 0.733 bits per heavy atom. The summed E-state index contributed by atoms with van der Waals surface area (Å²) in [5.74, 6) is 9.80. The van der Waals surface area contributed by atoms with E-state index in [2.05, 4.69) is 266 Å². The van der Waals surface area contributed by atoms with E-state index in [9.17, 15) is 0 Å². The van der Waals surface area contributed by atoms with Crippen molar-refractivity contribution in [1.29, 1.82) is 0 Å². The topological polar surface area (TPSA) is 3.24 Å². The summed E-state index contributed by atoms with van der Waals surface area (Å²) in [6.45, 7) is 80.2. The van der Waals surface area contributed by atoms with Crippen LogP contribution in [0.3, 0.4) is 0 Å². The molecule has 5 aromatic carbocycles. The molecule has 3 aliphatic carbocycles. The molecule has 3 saturated carbocycles. The molecule has 5 aromatic rings. The third-order valence-electron chi connectivity index (χ3n) is 17.8. The highest BCUT2D eigenvalue weighted by Gasteiger charge is 2.32. The molecule has 0 N–H and O–H groups in total. The van der Waals surface area contributed by atoms with E-state index in [0.29, 0.717) is 0 Å². The summed E-state index contributed by atoms with van der Waals surface area (Å²) in [5, 5.41) is 0. The van der Waals surface area contributed by atoms with Gasteiger partial charge in [-0.05, 0) is 284 Å². The van der Waals surface area contributed by atoms with Crippen LogP contribution in [0.25, 0.3) is 0 Å². The van der Waals surface area contributed by atoms with Crippen molar-refractivity contribution in [3.8, 4) is 0 Å². The quantitative estimate of drug-likeness (QED) is 0.149. The lowest BCUT2D eigenvalue weighted by Gasteiger charge is -2.14. The van der Waals surface area contributed by atoms with Gasteiger partial charge in [0.1, 0.15) is 0 Å². The molecule has 0 saturated heterocycles. The molecule has 3 aliphatic rings. The van der Waals surface area contributed by atoms with E-state index in [0.717, 1.165) is 59.2 Å². The maximum Gasteiger partial charge on any atom is -0.0140 e. The summed E-state index contributed by atoms with van der Waals surface area (Å²) in [6.07, 6.45) is 7.29. The van der Waals surface area contributed by atoms with Gasteiger partial charge in [0.25, 0.3) is 0 Å². The number of hydrogen-bond donors (Lipinski definition) is 0. The van der Waals surface area contributed by atoms with Crippen LogP contribution in [-0.4, -0.2) is 26.0 Å². The van der Waals surface area contributed by atoms with Crippen LogP contribution in [0.4, 0.5) is 0 Å². The molecular weight excluding hydrogens is 1030 g/mol. The second kappa shape index (κ2) is 54.0. The summed E-state index contributed by atoms with van der Waals surface area (Å²) in [4.78, 5) is 2.00. The molecule has 8 rings (SSSR count). The Hall–Kier alpha value is -3.94. The summed E-state index contributed by atoms with van der Waals surface area (Å²) in [6, 6.07) is 28.4. The van der Waals surface area contributed by atoms with E-state index in [4.69, 9.17) is 0 Å². The smallest absolute Gasteiger partial charge is 0.0140 e. The highest BCUT2D eigenvalue weighted by Crippen LogP contribution is 2.40. The van der Waals surface area contributed by atoms with E-state index in [-0.39, 0.29) is 0 Å². The van der Waals surface area contributed by atoms with Crippen molar-refractivity contribution in [2.45, 2.75) is 288 Å². The van der Waals surface area contributed by atoms with Gasteiger partial charge in [0.2, 0.25) is 0 Å². The summed E-state index contributed by atoms with van der Waals surface area (Å²) in [7, 11) is 6.00. The van der Waals surface area contributed by atoms with E-state index >= 15 is 0 Å². The van der Waals surface area contributed by atoms with Gasteiger partial charge in [-0.15, -0.1) is 0 Å². The van der Waals surface area contributed by atoms with E-state index < -0.39 is 0 Å². The minimum atomic E-state index is 0.958. The third-order valence-corrected chi connectivity index (χ3v) is 17.8. The molecule has 0 aromatic heterocycles.